The molecule has 0 bridgehead atoms. The van der Waals surface area contributed by atoms with Gasteiger partial charge in [-0.25, -0.2) is 0 Å². The van der Waals surface area contributed by atoms with E-state index in [1.165, 1.54) is 12.1 Å². The van der Waals surface area contributed by atoms with Crippen molar-refractivity contribution in [1.82, 2.24) is 10.2 Å². The minimum Gasteiger partial charge on any atom is -0.394 e. The minimum atomic E-state index is -1.00. The summed E-state index contributed by atoms with van der Waals surface area (Å²) in [6, 6.07) is 19.0. The van der Waals surface area contributed by atoms with Gasteiger partial charge in [-0.3, -0.25) is 19.7 Å². The van der Waals surface area contributed by atoms with E-state index >= 15 is 0 Å². The van der Waals surface area contributed by atoms with Crippen LogP contribution in [0.5, 0.6) is 0 Å². The summed E-state index contributed by atoms with van der Waals surface area (Å²) >= 11 is 0. The third-order valence-corrected chi connectivity index (χ3v) is 6.01. The van der Waals surface area contributed by atoms with Crippen LogP contribution in [0.4, 0.5) is 11.4 Å². The second-order valence-electron chi connectivity index (χ2n) is 8.25. The summed E-state index contributed by atoms with van der Waals surface area (Å²) in [6.45, 7) is 1.46. The van der Waals surface area contributed by atoms with E-state index in [1.54, 1.807) is 17.0 Å². The molecule has 0 spiro atoms. The highest BCUT2D eigenvalue weighted by atomic mass is 16.6. The van der Waals surface area contributed by atoms with Crippen LogP contribution in [0.1, 0.15) is 5.56 Å². The van der Waals surface area contributed by atoms with Crippen LogP contribution in [0, 0.1) is 10.1 Å². The number of aliphatic hydroxyl groups is 1. The zero-order valence-electron chi connectivity index (χ0n) is 18.6. The van der Waals surface area contributed by atoms with Crippen molar-refractivity contribution in [3.8, 4) is 0 Å². The molecule has 9 nitrogen and oxygen atoms in total. The van der Waals surface area contributed by atoms with Crippen molar-refractivity contribution in [3.05, 3.63) is 82.4 Å². The van der Waals surface area contributed by atoms with E-state index in [-0.39, 0.29) is 23.9 Å². The van der Waals surface area contributed by atoms with Gasteiger partial charge in [-0.1, -0.05) is 42.5 Å². The van der Waals surface area contributed by atoms with Crippen LogP contribution in [0.2, 0.25) is 0 Å². The summed E-state index contributed by atoms with van der Waals surface area (Å²) in [4.78, 5) is 39.5. The van der Waals surface area contributed by atoms with Crippen molar-refractivity contribution in [2.75, 3.05) is 37.7 Å². The molecule has 0 saturated carbocycles. The summed E-state index contributed by atoms with van der Waals surface area (Å²) in [7, 11) is 0. The fraction of sp³-hybridized carbons (Fsp3) is 0.280. The van der Waals surface area contributed by atoms with E-state index in [4.69, 9.17) is 0 Å². The van der Waals surface area contributed by atoms with Crippen LogP contribution in [0.15, 0.2) is 66.7 Å². The number of carbonyl (C=O) groups is 2. The van der Waals surface area contributed by atoms with Crippen LogP contribution in [-0.2, 0) is 16.0 Å². The lowest BCUT2D eigenvalue weighted by atomic mass is 10.0. The van der Waals surface area contributed by atoms with Crippen LogP contribution >= 0.6 is 0 Å². The van der Waals surface area contributed by atoms with Crippen molar-refractivity contribution in [2.24, 2.45) is 0 Å². The number of nitrogens with zero attached hydrogens (tertiary/aromatic N) is 3. The number of carbonyl (C=O) groups excluding carboxylic acids is 2. The molecular formula is C25H26N4O5. The second-order valence-corrected chi connectivity index (χ2v) is 8.25. The zero-order valence-corrected chi connectivity index (χ0v) is 18.6. The lowest BCUT2D eigenvalue weighted by Gasteiger charge is -2.37. The van der Waals surface area contributed by atoms with E-state index in [2.05, 4.69) is 5.32 Å². The van der Waals surface area contributed by atoms with Crippen LogP contribution in [-0.4, -0.2) is 65.6 Å². The normalized spacial score (nSPS) is 14.6. The molecule has 0 aliphatic carbocycles. The van der Waals surface area contributed by atoms with Gasteiger partial charge in [0.15, 0.2) is 0 Å². The first kappa shape index (κ1) is 23.2. The molecule has 2 amide bonds. The fourth-order valence-electron chi connectivity index (χ4n) is 4.16. The van der Waals surface area contributed by atoms with E-state index in [9.17, 15) is 24.8 Å². The van der Waals surface area contributed by atoms with Gasteiger partial charge < -0.3 is 20.2 Å². The van der Waals surface area contributed by atoms with Gasteiger partial charge in [0.05, 0.1) is 18.0 Å². The minimum absolute atomic E-state index is 0.0304. The van der Waals surface area contributed by atoms with Crippen LogP contribution < -0.4 is 10.2 Å². The Morgan fingerprint density at radius 2 is 1.65 bits per heavy atom. The standard InChI is InChI=1S/C25H26N4O5/c30-17-23(26-24(31)16-18-5-6-19-3-1-2-4-20(19)15-18)25(32)28-13-11-27(12-14-28)21-7-9-22(10-8-21)29(33)34/h1-10,15,23,30H,11-14,16-17H2,(H,26,31)/t23-/m0/s1. The number of anilines is 1. The number of piperazine rings is 1. The van der Waals surface area contributed by atoms with Crippen molar-refractivity contribution in [3.63, 3.8) is 0 Å². The number of rotatable bonds is 7. The maximum absolute atomic E-state index is 12.9. The summed E-state index contributed by atoms with van der Waals surface area (Å²) in [5, 5.41) is 25.4. The molecule has 1 aliphatic rings. The molecule has 2 N–H and O–H groups in total. The Bertz CT molecular complexity index is 1190. The molecule has 9 heteroatoms. The number of nitrogens with one attached hydrogen (secondary N) is 1. The molecule has 3 aromatic rings. The number of amides is 2. The number of nitro groups is 1. The Morgan fingerprint density at radius 1 is 0.971 bits per heavy atom. The van der Waals surface area contributed by atoms with E-state index < -0.39 is 17.6 Å². The Kier molecular flexibility index (Phi) is 7.03. The number of aliphatic hydroxyl groups excluding tert-OH is 1. The van der Waals surface area contributed by atoms with Gasteiger partial charge in [-0.05, 0) is 28.5 Å². The summed E-state index contributed by atoms with van der Waals surface area (Å²) in [6.07, 6.45) is 0.114. The second kappa shape index (κ2) is 10.3. The topological polar surface area (TPSA) is 116 Å². The van der Waals surface area contributed by atoms with Gasteiger partial charge in [0, 0.05) is 44.0 Å². The molecule has 1 atom stereocenters. The number of hydrogen-bond donors (Lipinski definition) is 2. The molecule has 34 heavy (non-hydrogen) atoms. The van der Waals surface area contributed by atoms with E-state index in [0.29, 0.717) is 26.2 Å². The quantitative estimate of drug-likeness (QED) is 0.410. The number of fused-ring (bicyclic) bond motifs is 1. The first-order valence-corrected chi connectivity index (χ1v) is 11.1. The molecule has 1 saturated heterocycles. The largest absolute Gasteiger partial charge is 0.394 e. The van der Waals surface area contributed by atoms with Crippen LogP contribution in [0.3, 0.4) is 0 Å². The number of benzene rings is 3. The maximum Gasteiger partial charge on any atom is 0.269 e. The molecule has 176 valence electrons. The highest BCUT2D eigenvalue weighted by Crippen LogP contribution is 2.21. The predicted octanol–water partition coefficient (Wildman–Crippen LogP) is 2.12. The zero-order chi connectivity index (χ0) is 24.1. The van der Waals surface area contributed by atoms with Gasteiger partial charge in [-0.15, -0.1) is 0 Å². The smallest absolute Gasteiger partial charge is 0.269 e. The number of non-ortho nitro benzene ring substituents is 1. The first-order valence-electron chi connectivity index (χ1n) is 11.1. The highest BCUT2D eigenvalue weighted by Gasteiger charge is 2.28. The summed E-state index contributed by atoms with van der Waals surface area (Å²) in [5.41, 5.74) is 1.71. The van der Waals surface area contributed by atoms with Gasteiger partial charge in [0.1, 0.15) is 6.04 Å². The van der Waals surface area contributed by atoms with Crippen molar-refractivity contribution >= 4 is 34.0 Å². The Morgan fingerprint density at radius 3 is 2.29 bits per heavy atom. The van der Waals surface area contributed by atoms with Gasteiger partial charge in [0.25, 0.3) is 5.69 Å². The fourth-order valence-corrected chi connectivity index (χ4v) is 4.16. The monoisotopic (exact) mass is 462 g/mol. The summed E-state index contributed by atoms with van der Waals surface area (Å²) < 4.78 is 0. The lowest BCUT2D eigenvalue weighted by molar-refractivity contribution is -0.384. The van der Waals surface area contributed by atoms with Gasteiger partial charge in [-0.2, -0.15) is 0 Å². The van der Waals surface area contributed by atoms with Gasteiger partial charge in [0.2, 0.25) is 11.8 Å². The Balaban J connectivity index is 1.31. The lowest BCUT2D eigenvalue weighted by Crippen LogP contribution is -2.56. The number of hydrogen-bond acceptors (Lipinski definition) is 6. The third kappa shape index (κ3) is 5.32. The number of nitro benzene ring substituents is 1. The van der Waals surface area contributed by atoms with Gasteiger partial charge >= 0.3 is 0 Å². The third-order valence-electron chi connectivity index (χ3n) is 6.01. The van der Waals surface area contributed by atoms with Crippen molar-refractivity contribution in [2.45, 2.75) is 12.5 Å². The molecule has 4 rings (SSSR count). The Hall–Kier alpha value is -3.98. The Labute approximate surface area is 196 Å². The van der Waals surface area contributed by atoms with Crippen LogP contribution in [0.25, 0.3) is 10.8 Å². The molecule has 0 unspecified atom stereocenters. The molecular weight excluding hydrogens is 436 g/mol. The molecule has 0 aromatic heterocycles. The summed E-state index contributed by atoms with van der Waals surface area (Å²) in [5.74, 6) is -0.648. The average molecular weight is 463 g/mol. The first-order chi connectivity index (χ1) is 16.4. The van der Waals surface area contributed by atoms with Crippen molar-refractivity contribution < 1.29 is 19.6 Å². The molecule has 0 radical (unpaired) electrons. The van der Waals surface area contributed by atoms with E-state index in [1.807, 2.05) is 47.4 Å². The SMILES string of the molecule is O=C(Cc1ccc2ccccc2c1)N[C@@H](CO)C(=O)N1CCN(c2ccc([N+](=O)[O-])cc2)CC1. The molecule has 1 aliphatic heterocycles. The average Bonchev–Trinajstić information content (AvgIpc) is 2.87. The predicted molar refractivity (Wildman–Crippen MR) is 129 cm³/mol. The van der Waals surface area contributed by atoms with E-state index in [0.717, 1.165) is 22.0 Å². The maximum atomic E-state index is 12.9. The molecule has 1 heterocycles. The highest BCUT2D eigenvalue weighted by molar-refractivity contribution is 5.90. The molecule has 1 fully saturated rings. The molecule has 3 aromatic carbocycles. The van der Waals surface area contributed by atoms with Crippen molar-refractivity contribution in [1.29, 1.82) is 0 Å².